The summed E-state index contributed by atoms with van der Waals surface area (Å²) in [5.41, 5.74) is 3.27. The molecular weight excluding hydrogens is 358 g/mol. The largest absolute Gasteiger partial charge is 0.494 e. The Bertz CT molecular complexity index is 963. The topological polar surface area (TPSA) is 74.2 Å². The van der Waals surface area contributed by atoms with E-state index >= 15 is 0 Å². The molecule has 28 heavy (non-hydrogen) atoms. The molecule has 2 aromatic carbocycles. The molecule has 2 aromatic rings. The number of benzene rings is 2. The van der Waals surface area contributed by atoms with E-state index in [1.54, 1.807) is 30.3 Å². The van der Waals surface area contributed by atoms with Crippen LogP contribution in [0.3, 0.4) is 0 Å². The van der Waals surface area contributed by atoms with Crippen molar-refractivity contribution in [3.63, 3.8) is 0 Å². The molecule has 3 rings (SSSR count). The van der Waals surface area contributed by atoms with Crippen LogP contribution < -0.4 is 9.47 Å². The lowest BCUT2D eigenvalue weighted by atomic mass is 10.0. The van der Waals surface area contributed by atoms with Crippen LogP contribution in [-0.2, 0) is 14.3 Å². The van der Waals surface area contributed by atoms with Crippen LogP contribution in [0.25, 0.3) is 6.08 Å². The standard InChI is InChI=1S/C22H21NO5/c1-5-26-18-8-6-17(7-9-18)21-23-19(22(25)28-21)12-16-10-13(2)20(14(3)11-16)27-15(4)24/h6-12H,5H2,1-4H3/b19-12-. The number of aryl methyl sites for hydroxylation is 2. The normalized spacial score (nSPS) is 14.6. The van der Waals surface area contributed by atoms with Crippen molar-refractivity contribution in [3.05, 3.63) is 64.3 Å². The van der Waals surface area contributed by atoms with Gasteiger partial charge in [-0.2, -0.15) is 0 Å². The minimum Gasteiger partial charge on any atom is -0.494 e. The summed E-state index contributed by atoms with van der Waals surface area (Å²) < 4.78 is 15.9. The summed E-state index contributed by atoms with van der Waals surface area (Å²) in [5.74, 6) is 0.641. The van der Waals surface area contributed by atoms with Crippen LogP contribution in [0.15, 0.2) is 47.1 Å². The zero-order valence-electron chi connectivity index (χ0n) is 16.2. The van der Waals surface area contributed by atoms with Gasteiger partial charge in [0.2, 0.25) is 5.90 Å². The smallest absolute Gasteiger partial charge is 0.363 e. The highest BCUT2D eigenvalue weighted by atomic mass is 16.6. The molecule has 0 fully saturated rings. The number of cyclic esters (lactones) is 1. The fourth-order valence-corrected chi connectivity index (χ4v) is 2.92. The molecule has 144 valence electrons. The fraction of sp³-hybridized carbons (Fsp3) is 0.227. The molecule has 1 heterocycles. The number of ether oxygens (including phenoxy) is 3. The van der Waals surface area contributed by atoms with Crippen molar-refractivity contribution in [2.45, 2.75) is 27.7 Å². The summed E-state index contributed by atoms with van der Waals surface area (Å²) >= 11 is 0. The first-order chi connectivity index (χ1) is 13.4. The predicted octanol–water partition coefficient (Wildman–Crippen LogP) is 3.97. The van der Waals surface area contributed by atoms with E-state index in [4.69, 9.17) is 14.2 Å². The van der Waals surface area contributed by atoms with E-state index in [2.05, 4.69) is 4.99 Å². The molecule has 0 saturated heterocycles. The predicted molar refractivity (Wildman–Crippen MR) is 105 cm³/mol. The number of rotatable bonds is 5. The third-order valence-electron chi connectivity index (χ3n) is 4.06. The molecule has 0 bridgehead atoms. The lowest BCUT2D eigenvalue weighted by Crippen LogP contribution is -2.05. The molecule has 6 heteroatoms. The van der Waals surface area contributed by atoms with Gasteiger partial charge in [-0.25, -0.2) is 9.79 Å². The van der Waals surface area contributed by atoms with E-state index in [0.29, 0.717) is 17.9 Å². The molecule has 0 radical (unpaired) electrons. The van der Waals surface area contributed by atoms with Gasteiger partial charge in [-0.3, -0.25) is 4.79 Å². The fourth-order valence-electron chi connectivity index (χ4n) is 2.92. The molecule has 0 aliphatic carbocycles. The van der Waals surface area contributed by atoms with Crippen molar-refractivity contribution in [3.8, 4) is 11.5 Å². The number of esters is 2. The highest BCUT2D eigenvalue weighted by Crippen LogP contribution is 2.27. The summed E-state index contributed by atoms with van der Waals surface area (Å²) in [5, 5.41) is 0. The second-order valence-electron chi connectivity index (χ2n) is 6.37. The molecule has 1 aliphatic rings. The van der Waals surface area contributed by atoms with Crippen molar-refractivity contribution in [1.82, 2.24) is 0 Å². The van der Waals surface area contributed by atoms with Crippen molar-refractivity contribution in [1.29, 1.82) is 0 Å². The molecule has 0 saturated carbocycles. The Labute approximate surface area is 163 Å². The minimum absolute atomic E-state index is 0.211. The van der Waals surface area contributed by atoms with Gasteiger partial charge in [0.05, 0.1) is 6.61 Å². The summed E-state index contributed by atoms with van der Waals surface area (Å²) in [6.07, 6.45) is 1.65. The molecule has 1 aliphatic heterocycles. The summed E-state index contributed by atoms with van der Waals surface area (Å²) in [4.78, 5) is 27.8. The van der Waals surface area contributed by atoms with Gasteiger partial charge in [-0.1, -0.05) is 0 Å². The average Bonchev–Trinajstić information content (AvgIpc) is 2.99. The molecule has 0 N–H and O–H groups in total. The Hall–Kier alpha value is -3.41. The summed E-state index contributed by atoms with van der Waals surface area (Å²) in [7, 11) is 0. The van der Waals surface area contributed by atoms with E-state index in [0.717, 1.165) is 22.4 Å². The number of aliphatic imine (C=N–C) groups is 1. The van der Waals surface area contributed by atoms with Crippen LogP contribution in [0.4, 0.5) is 0 Å². The SMILES string of the molecule is CCOc1ccc(C2=N/C(=C\c3cc(C)c(OC(C)=O)c(C)c3)C(=O)O2)cc1. The average molecular weight is 379 g/mol. The van der Waals surface area contributed by atoms with Gasteiger partial charge in [0.25, 0.3) is 0 Å². The second kappa shape index (κ2) is 8.08. The van der Waals surface area contributed by atoms with Gasteiger partial charge < -0.3 is 14.2 Å². The Morgan fingerprint density at radius 3 is 2.36 bits per heavy atom. The Morgan fingerprint density at radius 1 is 1.14 bits per heavy atom. The van der Waals surface area contributed by atoms with Crippen molar-refractivity contribution in [2.75, 3.05) is 6.61 Å². The zero-order chi connectivity index (χ0) is 20.3. The number of hydrogen-bond acceptors (Lipinski definition) is 6. The van der Waals surface area contributed by atoms with Crippen molar-refractivity contribution < 1.29 is 23.8 Å². The van der Waals surface area contributed by atoms with Crippen LogP contribution in [0.2, 0.25) is 0 Å². The maximum Gasteiger partial charge on any atom is 0.363 e. The highest BCUT2D eigenvalue weighted by Gasteiger charge is 2.24. The van der Waals surface area contributed by atoms with Gasteiger partial charge in [0, 0.05) is 12.5 Å². The lowest BCUT2D eigenvalue weighted by Gasteiger charge is -2.10. The van der Waals surface area contributed by atoms with Gasteiger partial charge in [-0.05, 0) is 79.9 Å². The molecular formula is C22H21NO5. The van der Waals surface area contributed by atoms with E-state index < -0.39 is 5.97 Å². The lowest BCUT2D eigenvalue weighted by molar-refractivity contribution is -0.132. The molecule has 6 nitrogen and oxygen atoms in total. The summed E-state index contributed by atoms with van der Waals surface area (Å²) in [6, 6.07) is 10.9. The second-order valence-corrected chi connectivity index (χ2v) is 6.37. The first-order valence-corrected chi connectivity index (χ1v) is 8.93. The number of carbonyl (C=O) groups excluding carboxylic acids is 2. The Kier molecular flexibility index (Phi) is 5.59. The monoisotopic (exact) mass is 379 g/mol. The van der Waals surface area contributed by atoms with Crippen molar-refractivity contribution >= 4 is 23.9 Å². The maximum atomic E-state index is 12.2. The molecule has 0 unspecified atom stereocenters. The highest BCUT2D eigenvalue weighted by molar-refractivity contribution is 6.12. The third-order valence-corrected chi connectivity index (χ3v) is 4.06. The molecule has 0 spiro atoms. The quantitative estimate of drug-likeness (QED) is 0.446. The van der Waals surface area contributed by atoms with E-state index in [1.807, 2.05) is 32.9 Å². The van der Waals surface area contributed by atoms with Crippen molar-refractivity contribution in [2.24, 2.45) is 4.99 Å². The van der Waals surface area contributed by atoms with Crippen LogP contribution in [-0.4, -0.2) is 24.4 Å². The first-order valence-electron chi connectivity index (χ1n) is 8.93. The van der Waals surface area contributed by atoms with E-state index in [1.165, 1.54) is 6.92 Å². The van der Waals surface area contributed by atoms with Crippen LogP contribution >= 0.6 is 0 Å². The third kappa shape index (κ3) is 4.28. The van der Waals surface area contributed by atoms with Crippen LogP contribution in [0, 0.1) is 13.8 Å². The number of carbonyl (C=O) groups is 2. The first kappa shape index (κ1) is 19.4. The van der Waals surface area contributed by atoms with Crippen LogP contribution in [0.1, 0.15) is 36.1 Å². The van der Waals surface area contributed by atoms with Gasteiger partial charge in [0.1, 0.15) is 11.5 Å². The van der Waals surface area contributed by atoms with Gasteiger partial charge in [-0.15, -0.1) is 0 Å². The molecule has 0 aromatic heterocycles. The Balaban J connectivity index is 1.88. The van der Waals surface area contributed by atoms with E-state index in [9.17, 15) is 9.59 Å². The Morgan fingerprint density at radius 2 is 1.79 bits per heavy atom. The summed E-state index contributed by atoms with van der Waals surface area (Å²) in [6.45, 7) is 7.54. The van der Waals surface area contributed by atoms with E-state index in [-0.39, 0.29) is 17.6 Å². The number of nitrogens with zero attached hydrogens (tertiary/aromatic N) is 1. The van der Waals surface area contributed by atoms with Crippen LogP contribution in [0.5, 0.6) is 11.5 Å². The van der Waals surface area contributed by atoms with Gasteiger partial charge >= 0.3 is 11.9 Å². The molecule has 0 amide bonds. The number of hydrogen-bond donors (Lipinski definition) is 0. The molecule has 0 atom stereocenters. The van der Waals surface area contributed by atoms with Gasteiger partial charge in [0.15, 0.2) is 5.70 Å². The minimum atomic E-state index is -0.511. The zero-order valence-corrected chi connectivity index (χ0v) is 16.2. The maximum absolute atomic E-state index is 12.2.